The van der Waals surface area contributed by atoms with E-state index >= 15 is 0 Å². The third kappa shape index (κ3) is 30.6. The number of aliphatic imine (C=N–C) groups is 1. The summed E-state index contributed by atoms with van der Waals surface area (Å²) in [6.45, 7) is 17.2. The fraction of sp³-hybridized carbons (Fsp3) is 0.455. The Morgan fingerprint density at radius 1 is 0.879 bits per heavy atom. The molecule has 0 heterocycles. The van der Waals surface area contributed by atoms with E-state index in [9.17, 15) is 19.2 Å². The molecule has 0 aliphatic rings. The Labute approximate surface area is 194 Å². The van der Waals surface area contributed by atoms with Crippen molar-refractivity contribution in [2.75, 3.05) is 39.8 Å². The van der Waals surface area contributed by atoms with Crippen LogP contribution in [0.2, 0.25) is 0 Å². The van der Waals surface area contributed by atoms with Gasteiger partial charge >= 0.3 is 17.9 Å². The van der Waals surface area contributed by atoms with Gasteiger partial charge in [-0.05, 0) is 20.3 Å². The molecule has 11 heteroatoms. The van der Waals surface area contributed by atoms with Gasteiger partial charge in [-0.15, -0.1) is 0 Å². The zero-order chi connectivity index (χ0) is 25.9. The first-order valence-corrected chi connectivity index (χ1v) is 9.58. The number of rotatable bonds is 15. The monoisotopic (exact) mass is 471 g/mol. The van der Waals surface area contributed by atoms with Crippen LogP contribution in [0.4, 0.5) is 0 Å². The third-order valence-electron chi connectivity index (χ3n) is 2.69. The van der Waals surface area contributed by atoms with Crippen molar-refractivity contribution in [2.45, 2.75) is 26.7 Å². The standard InChI is InChI=1S/C12H18O5.C6H7NO3.C4H8O2/c1-4-15-8-9-16-11(13)6-5-7-17-12(14)10(2)3;1-5(2)6(9)10-4-7-3-8;1-2-6-4-3-5/h4H,1-2,5-9H2,3H3;1,4H2,2H3;2,5H,1,3-4H2. The Balaban J connectivity index is -0.000000473. The van der Waals surface area contributed by atoms with Crippen molar-refractivity contribution in [1.82, 2.24) is 0 Å². The maximum absolute atomic E-state index is 11.1. The molecule has 0 aromatic heterocycles. The number of carbonyl (C=O) groups excluding carboxylic acids is 4. The maximum atomic E-state index is 11.1. The highest BCUT2D eigenvalue weighted by atomic mass is 16.6. The summed E-state index contributed by atoms with van der Waals surface area (Å²) in [5.74, 6) is -1.35. The van der Waals surface area contributed by atoms with Gasteiger partial charge < -0.3 is 28.8 Å². The van der Waals surface area contributed by atoms with Crippen molar-refractivity contribution >= 4 is 24.0 Å². The van der Waals surface area contributed by atoms with Crippen LogP contribution in [0.3, 0.4) is 0 Å². The summed E-state index contributed by atoms with van der Waals surface area (Å²) in [5, 5.41) is 8.02. The molecular formula is C22H33NO10. The molecule has 0 saturated heterocycles. The quantitative estimate of drug-likeness (QED) is 0.0716. The summed E-state index contributed by atoms with van der Waals surface area (Å²) in [6, 6.07) is 0. The normalized spacial score (nSPS) is 8.45. The number of hydrogen-bond donors (Lipinski definition) is 1. The highest BCUT2D eigenvalue weighted by Crippen LogP contribution is 1.97. The fourth-order valence-electron chi connectivity index (χ4n) is 1.24. The fourth-order valence-corrected chi connectivity index (χ4v) is 1.24. The van der Waals surface area contributed by atoms with Crippen LogP contribution in [-0.2, 0) is 42.9 Å². The maximum Gasteiger partial charge on any atom is 0.334 e. The lowest BCUT2D eigenvalue weighted by Gasteiger charge is -2.05. The smallest absolute Gasteiger partial charge is 0.334 e. The molecule has 0 atom stereocenters. The van der Waals surface area contributed by atoms with E-state index in [-0.39, 0.29) is 44.5 Å². The molecule has 0 spiro atoms. The van der Waals surface area contributed by atoms with Crippen molar-refractivity contribution in [2.24, 2.45) is 4.99 Å². The van der Waals surface area contributed by atoms with Crippen LogP contribution in [0.1, 0.15) is 26.7 Å². The average molecular weight is 472 g/mol. The van der Waals surface area contributed by atoms with Gasteiger partial charge in [-0.1, -0.05) is 26.3 Å². The minimum absolute atomic E-state index is 0.0615. The zero-order valence-electron chi connectivity index (χ0n) is 19.2. The molecule has 0 bridgehead atoms. The first-order chi connectivity index (χ1) is 15.7. The summed E-state index contributed by atoms with van der Waals surface area (Å²) < 4.78 is 23.3. The van der Waals surface area contributed by atoms with Gasteiger partial charge in [0.15, 0.2) is 6.73 Å². The largest absolute Gasteiger partial charge is 0.499 e. The van der Waals surface area contributed by atoms with Crippen LogP contribution in [0.5, 0.6) is 0 Å². The molecule has 0 aliphatic carbocycles. The summed E-state index contributed by atoms with van der Waals surface area (Å²) in [7, 11) is 0. The van der Waals surface area contributed by atoms with E-state index in [0.717, 1.165) is 0 Å². The molecule has 0 aromatic rings. The molecule has 1 N–H and O–H groups in total. The van der Waals surface area contributed by atoms with Crippen LogP contribution in [0.25, 0.3) is 0 Å². The zero-order valence-corrected chi connectivity index (χ0v) is 19.2. The van der Waals surface area contributed by atoms with Gasteiger partial charge in [-0.3, -0.25) is 4.79 Å². The molecule has 0 aliphatic heterocycles. The van der Waals surface area contributed by atoms with Gasteiger partial charge in [0.25, 0.3) is 0 Å². The summed E-state index contributed by atoms with van der Waals surface area (Å²) in [6.07, 6.45) is 4.45. The predicted molar refractivity (Wildman–Crippen MR) is 119 cm³/mol. The van der Waals surface area contributed by atoms with E-state index in [1.54, 1.807) is 6.92 Å². The van der Waals surface area contributed by atoms with Gasteiger partial charge in [0.1, 0.15) is 19.8 Å². The lowest BCUT2D eigenvalue weighted by molar-refractivity contribution is -0.146. The highest BCUT2D eigenvalue weighted by Gasteiger charge is 2.05. The Hall–Kier alpha value is -3.69. The summed E-state index contributed by atoms with van der Waals surface area (Å²) in [4.78, 5) is 45.1. The molecule has 0 rings (SSSR count). The Morgan fingerprint density at radius 2 is 1.42 bits per heavy atom. The molecular weight excluding hydrogens is 438 g/mol. The second-order valence-corrected chi connectivity index (χ2v) is 5.63. The van der Waals surface area contributed by atoms with Crippen LogP contribution < -0.4 is 0 Å². The van der Waals surface area contributed by atoms with Gasteiger partial charge in [-0.25, -0.2) is 14.4 Å². The number of hydrogen-bond acceptors (Lipinski definition) is 11. The van der Waals surface area contributed by atoms with Gasteiger partial charge in [-0.2, -0.15) is 4.99 Å². The molecule has 0 unspecified atom stereocenters. The van der Waals surface area contributed by atoms with Gasteiger partial charge in [0.2, 0.25) is 6.08 Å². The number of carbonyl (C=O) groups is 3. The Morgan fingerprint density at radius 3 is 1.88 bits per heavy atom. The number of isocyanates is 1. The number of aliphatic hydroxyl groups is 1. The molecule has 33 heavy (non-hydrogen) atoms. The van der Waals surface area contributed by atoms with E-state index in [4.69, 9.17) is 19.3 Å². The predicted octanol–water partition coefficient (Wildman–Crippen LogP) is 2.13. The number of nitrogens with zero attached hydrogens (tertiary/aromatic N) is 1. The van der Waals surface area contributed by atoms with E-state index in [0.29, 0.717) is 25.2 Å². The van der Waals surface area contributed by atoms with E-state index < -0.39 is 11.9 Å². The highest BCUT2D eigenvalue weighted by molar-refractivity contribution is 5.87. The van der Waals surface area contributed by atoms with Crippen molar-refractivity contribution in [3.05, 3.63) is 50.0 Å². The van der Waals surface area contributed by atoms with E-state index in [1.807, 2.05) is 0 Å². The molecule has 0 radical (unpaired) electrons. The number of ether oxygens (including phenoxy) is 5. The SMILES string of the molecule is C=C(C)C(=O)OCN=C=O.C=COCCO.C=COCCOC(=O)CCCOC(=O)C(=C)C. The first-order valence-electron chi connectivity index (χ1n) is 9.58. The molecule has 0 amide bonds. The van der Waals surface area contributed by atoms with Gasteiger partial charge in [0, 0.05) is 17.6 Å². The minimum atomic E-state index is -0.556. The number of aliphatic hydroxyl groups excluding tert-OH is 1. The minimum Gasteiger partial charge on any atom is -0.499 e. The first kappa shape index (κ1) is 33.9. The number of esters is 3. The topological polar surface area (TPSA) is 147 Å². The summed E-state index contributed by atoms with van der Waals surface area (Å²) >= 11 is 0. The molecule has 0 fully saturated rings. The van der Waals surface area contributed by atoms with Crippen molar-refractivity contribution in [1.29, 1.82) is 0 Å². The van der Waals surface area contributed by atoms with Crippen LogP contribution in [-0.4, -0.2) is 68.9 Å². The molecule has 186 valence electrons. The van der Waals surface area contributed by atoms with E-state index in [1.165, 1.54) is 25.5 Å². The lowest BCUT2D eigenvalue weighted by Crippen LogP contribution is -2.11. The second kappa shape index (κ2) is 26.3. The Bertz CT molecular complexity index is 666. The lowest BCUT2D eigenvalue weighted by atomic mass is 10.3. The van der Waals surface area contributed by atoms with Crippen LogP contribution >= 0.6 is 0 Å². The van der Waals surface area contributed by atoms with Crippen molar-refractivity contribution in [3.63, 3.8) is 0 Å². The molecule has 0 saturated carbocycles. The summed E-state index contributed by atoms with van der Waals surface area (Å²) in [5.41, 5.74) is 0.621. The Kier molecular flexibility index (Phi) is 27.1. The second-order valence-electron chi connectivity index (χ2n) is 5.63. The third-order valence-corrected chi connectivity index (χ3v) is 2.69. The van der Waals surface area contributed by atoms with Crippen LogP contribution in [0.15, 0.2) is 55.0 Å². The van der Waals surface area contributed by atoms with Crippen molar-refractivity contribution in [3.8, 4) is 0 Å². The molecule has 0 aromatic carbocycles. The average Bonchev–Trinajstić information content (AvgIpc) is 2.78. The van der Waals surface area contributed by atoms with E-state index in [2.05, 4.69) is 40.8 Å². The van der Waals surface area contributed by atoms with Crippen LogP contribution in [0, 0.1) is 0 Å². The van der Waals surface area contributed by atoms with Gasteiger partial charge in [0.05, 0.1) is 25.7 Å². The van der Waals surface area contributed by atoms with Crippen molar-refractivity contribution < 1.29 is 48.0 Å². The molecule has 11 nitrogen and oxygen atoms in total.